The highest BCUT2D eigenvalue weighted by Gasteiger charge is 2.22. The molecular weight excluding hydrogens is 230 g/mol. The van der Waals surface area contributed by atoms with Crippen LogP contribution in [-0.2, 0) is 17.4 Å². The zero-order valence-corrected chi connectivity index (χ0v) is 12.2. The summed E-state index contributed by atoms with van der Waals surface area (Å²) in [5, 5.41) is 0. The maximum atomic E-state index is 12.0. The average Bonchev–Trinajstić information content (AvgIpc) is 2.27. The van der Waals surface area contributed by atoms with Crippen molar-refractivity contribution < 1.29 is 4.21 Å². The monoisotopic (exact) mass is 253 g/mol. The molecule has 2 nitrogen and oxygen atoms in total. The average molecular weight is 253 g/mol. The summed E-state index contributed by atoms with van der Waals surface area (Å²) in [6, 6.07) is 8.44. The molecule has 0 spiro atoms. The van der Waals surface area contributed by atoms with Crippen LogP contribution in [0.2, 0.25) is 0 Å². The Morgan fingerprint density at radius 2 is 1.88 bits per heavy atom. The lowest BCUT2D eigenvalue weighted by atomic mass is 10.0. The molecule has 0 saturated carbocycles. The molecule has 0 aliphatic heterocycles. The Morgan fingerprint density at radius 3 is 2.41 bits per heavy atom. The number of aryl methyl sites for hydroxylation is 1. The summed E-state index contributed by atoms with van der Waals surface area (Å²) >= 11 is 0. The van der Waals surface area contributed by atoms with Gasteiger partial charge >= 0.3 is 0 Å². The van der Waals surface area contributed by atoms with E-state index in [0.29, 0.717) is 0 Å². The molecule has 0 radical (unpaired) electrons. The van der Waals surface area contributed by atoms with E-state index in [9.17, 15) is 4.21 Å². The lowest BCUT2D eigenvalue weighted by molar-refractivity contribution is 0.615. The first-order valence-electron chi connectivity index (χ1n) is 6.12. The van der Waals surface area contributed by atoms with Crippen molar-refractivity contribution in [2.75, 3.05) is 0 Å². The number of benzene rings is 1. The van der Waals surface area contributed by atoms with E-state index in [0.717, 1.165) is 6.42 Å². The van der Waals surface area contributed by atoms with Crippen molar-refractivity contribution in [3.63, 3.8) is 0 Å². The Labute approximate surface area is 107 Å². The Hall–Kier alpha value is -0.670. The fourth-order valence-electron chi connectivity index (χ4n) is 1.68. The molecule has 2 atom stereocenters. The molecule has 0 fully saturated rings. The molecule has 1 aromatic carbocycles. The second-order valence-electron chi connectivity index (χ2n) is 5.27. The quantitative estimate of drug-likeness (QED) is 0.876. The molecule has 1 N–H and O–H groups in total. The summed E-state index contributed by atoms with van der Waals surface area (Å²) in [6.45, 7) is 10.2. The fraction of sp³-hybridized carbons (Fsp3) is 0.571. The highest BCUT2D eigenvalue weighted by atomic mass is 32.2. The van der Waals surface area contributed by atoms with Gasteiger partial charge in [-0.2, -0.15) is 0 Å². The van der Waals surface area contributed by atoms with Gasteiger partial charge < -0.3 is 0 Å². The van der Waals surface area contributed by atoms with Gasteiger partial charge in [0.2, 0.25) is 0 Å². The lowest BCUT2D eigenvalue weighted by Gasteiger charge is -2.23. The normalized spacial score (nSPS) is 15.6. The first-order chi connectivity index (χ1) is 7.86. The van der Waals surface area contributed by atoms with Gasteiger partial charge in [-0.15, -0.1) is 0 Å². The van der Waals surface area contributed by atoms with Crippen LogP contribution in [0, 0.1) is 0 Å². The molecule has 0 amide bonds. The van der Waals surface area contributed by atoms with Crippen LogP contribution in [0.15, 0.2) is 24.3 Å². The smallest absolute Gasteiger partial charge is 0.0975 e. The van der Waals surface area contributed by atoms with E-state index in [1.54, 1.807) is 0 Å². The topological polar surface area (TPSA) is 29.1 Å². The summed E-state index contributed by atoms with van der Waals surface area (Å²) in [5.74, 6) is 0. The minimum absolute atomic E-state index is 0.117. The SMILES string of the molecule is CCc1ccccc1C(C)NS(=O)C(C)(C)C. The molecule has 0 aliphatic carbocycles. The molecule has 0 heterocycles. The van der Waals surface area contributed by atoms with Crippen molar-refractivity contribution in [2.45, 2.75) is 51.8 Å². The Balaban J connectivity index is 2.83. The van der Waals surface area contributed by atoms with Crippen LogP contribution in [0.3, 0.4) is 0 Å². The van der Waals surface area contributed by atoms with E-state index in [-0.39, 0.29) is 10.8 Å². The van der Waals surface area contributed by atoms with Crippen molar-refractivity contribution in [3.8, 4) is 0 Å². The third-order valence-corrected chi connectivity index (χ3v) is 4.42. The third-order valence-electron chi connectivity index (χ3n) is 2.74. The Morgan fingerprint density at radius 1 is 1.29 bits per heavy atom. The molecule has 0 aliphatic rings. The van der Waals surface area contributed by atoms with E-state index in [4.69, 9.17) is 0 Å². The Bertz CT molecular complexity index is 395. The van der Waals surface area contributed by atoms with E-state index in [1.807, 2.05) is 26.8 Å². The van der Waals surface area contributed by atoms with E-state index < -0.39 is 11.0 Å². The molecule has 3 heteroatoms. The van der Waals surface area contributed by atoms with Gasteiger partial charge in [0.05, 0.1) is 15.7 Å². The standard InChI is InChI=1S/C14H23NOS/c1-6-12-9-7-8-10-13(12)11(2)15-17(16)14(3,4)5/h7-11,15H,6H2,1-5H3. The summed E-state index contributed by atoms with van der Waals surface area (Å²) in [5.41, 5.74) is 2.56. The predicted molar refractivity (Wildman–Crippen MR) is 75.3 cm³/mol. The van der Waals surface area contributed by atoms with E-state index in [2.05, 4.69) is 36.8 Å². The number of nitrogens with one attached hydrogen (secondary N) is 1. The van der Waals surface area contributed by atoms with Crippen LogP contribution in [0.5, 0.6) is 0 Å². The van der Waals surface area contributed by atoms with E-state index in [1.165, 1.54) is 11.1 Å². The number of rotatable bonds is 4. The fourth-order valence-corrected chi connectivity index (χ4v) is 2.48. The van der Waals surface area contributed by atoms with Crippen molar-refractivity contribution in [1.29, 1.82) is 0 Å². The molecule has 2 unspecified atom stereocenters. The second-order valence-corrected chi connectivity index (χ2v) is 7.27. The van der Waals surface area contributed by atoms with Crippen LogP contribution in [0.4, 0.5) is 0 Å². The summed E-state index contributed by atoms with van der Waals surface area (Å²) in [4.78, 5) is 0. The van der Waals surface area contributed by atoms with Crippen molar-refractivity contribution in [1.82, 2.24) is 4.72 Å². The van der Waals surface area contributed by atoms with Crippen LogP contribution in [0.25, 0.3) is 0 Å². The first-order valence-corrected chi connectivity index (χ1v) is 7.27. The largest absolute Gasteiger partial charge is 0.242 e. The van der Waals surface area contributed by atoms with Gasteiger partial charge in [-0.05, 0) is 45.2 Å². The van der Waals surface area contributed by atoms with E-state index >= 15 is 0 Å². The lowest BCUT2D eigenvalue weighted by Crippen LogP contribution is -2.35. The zero-order chi connectivity index (χ0) is 13.1. The van der Waals surface area contributed by atoms with Crippen LogP contribution < -0.4 is 4.72 Å². The molecule has 1 aromatic rings. The van der Waals surface area contributed by atoms with Crippen LogP contribution >= 0.6 is 0 Å². The van der Waals surface area contributed by atoms with Gasteiger partial charge in [-0.1, -0.05) is 31.2 Å². The van der Waals surface area contributed by atoms with Crippen molar-refractivity contribution in [3.05, 3.63) is 35.4 Å². The first kappa shape index (κ1) is 14.4. The van der Waals surface area contributed by atoms with Gasteiger partial charge in [0, 0.05) is 6.04 Å². The number of hydrogen-bond donors (Lipinski definition) is 1. The molecule has 17 heavy (non-hydrogen) atoms. The number of hydrogen-bond acceptors (Lipinski definition) is 1. The second kappa shape index (κ2) is 5.78. The van der Waals surface area contributed by atoms with Crippen molar-refractivity contribution in [2.24, 2.45) is 0 Å². The molecule has 0 bridgehead atoms. The maximum Gasteiger partial charge on any atom is 0.0975 e. The highest BCUT2D eigenvalue weighted by molar-refractivity contribution is 7.84. The van der Waals surface area contributed by atoms with Gasteiger partial charge in [0.1, 0.15) is 0 Å². The van der Waals surface area contributed by atoms with Crippen LogP contribution in [-0.4, -0.2) is 8.96 Å². The molecule has 96 valence electrons. The highest BCUT2D eigenvalue weighted by Crippen LogP contribution is 2.20. The van der Waals surface area contributed by atoms with Crippen LogP contribution in [0.1, 0.15) is 51.8 Å². The minimum Gasteiger partial charge on any atom is -0.242 e. The summed E-state index contributed by atoms with van der Waals surface area (Å²) < 4.78 is 15.0. The summed E-state index contributed by atoms with van der Waals surface area (Å²) in [6.07, 6.45) is 1.00. The Kier molecular flexibility index (Phi) is 4.90. The third kappa shape index (κ3) is 3.93. The summed E-state index contributed by atoms with van der Waals surface area (Å²) in [7, 11) is -1.03. The zero-order valence-electron chi connectivity index (χ0n) is 11.4. The molecule has 1 rings (SSSR count). The van der Waals surface area contributed by atoms with Gasteiger partial charge in [0.25, 0.3) is 0 Å². The van der Waals surface area contributed by atoms with Gasteiger partial charge in [0.15, 0.2) is 0 Å². The van der Waals surface area contributed by atoms with Crippen molar-refractivity contribution >= 4 is 11.0 Å². The molecule has 0 aromatic heterocycles. The molecule has 0 saturated heterocycles. The van der Waals surface area contributed by atoms with Gasteiger partial charge in [-0.25, -0.2) is 8.93 Å². The van der Waals surface area contributed by atoms with Gasteiger partial charge in [-0.3, -0.25) is 0 Å². The minimum atomic E-state index is -1.03. The predicted octanol–water partition coefficient (Wildman–Crippen LogP) is 3.36. The molecular formula is C14H23NOS. The maximum absolute atomic E-state index is 12.0.